The van der Waals surface area contributed by atoms with Crippen LogP contribution in [0.4, 0.5) is 0 Å². The zero-order valence-corrected chi connectivity index (χ0v) is 25.3. The van der Waals surface area contributed by atoms with Crippen molar-refractivity contribution in [2.24, 2.45) is 0 Å². The molecule has 1 aliphatic rings. The molecule has 0 fully saturated rings. The van der Waals surface area contributed by atoms with E-state index in [1.807, 2.05) is 54.6 Å². The number of hydrogen-bond donors (Lipinski definition) is 2. The summed E-state index contributed by atoms with van der Waals surface area (Å²) in [5.74, 6) is 0. The number of rotatable bonds is 2. The van der Waals surface area contributed by atoms with Gasteiger partial charge in [-0.25, -0.2) is 0 Å². The van der Waals surface area contributed by atoms with Crippen LogP contribution < -0.4 is 0 Å². The van der Waals surface area contributed by atoms with Gasteiger partial charge in [0, 0.05) is 22.7 Å². The Bertz CT molecular complexity index is 1140. The maximum atomic E-state index is 8.56. The molecule has 0 aliphatic heterocycles. The van der Waals surface area contributed by atoms with E-state index in [0.29, 0.717) is 25.6 Å². The Morgan fingerprint density at radius 2 is 1.31 bits per heavy atom. The average molecular weight is 747 g/mol. The van der Waals surface area contributed by atoms with Crippen LogP contribution in [0.2, 0.25) is 20.1 Å². The van der Waals surface area contributed by atoms with Crippen LogP contribution in [0.15, 0.2) is 101 Å². The summed E-state index contributed by atoms with van der Waals surface area (Å²) < 4.78 is 0.942. The summed E-state index contributed by atoms with van der Waals surface area (Å²) >= 11 is 26.2. The molecular formula is C24H17BBrCl6O2Pd+. The molecule has 0 saturated heterocycles. The number of hydrogen-bond acceptors (Lipinski definition) is 2. The zero-order chi connectivity index (χ0) is 26.2. The Kier molecular flexibility index (Phi) is 17.6. The predicted octanol–water partition coefficient (Wildman–Crippen LogP) is 9.65. The van der Waals surface area contributed by atoms with Gasteiger partial charge in [-0.1, -0.05) is 98.7 Å². The van der Waals surface area contributed by atoms with E-state index < -0.39 is 7.12 Å². The van der Waals surface area contributed by atoms with Crippen LogP contribution >= 0.6 is 81.4 Å². The quantitative estimate of drug-likeness (QED) is 0.156. The predicted molar refractivity (Wildman–Crippen MR) is 153 cm³/mol. The third kappa shape index (κ3) is 13.7. The van der Waals surface area contributed by atoms with Crippen LogP contribution in [-0.4, -0.2) is 17.2 Å². The summed E-state index contributed by atoms with van der Waals surface area (Å²) in [5.41, 5.74) is 2.70. The van der Waals surface area contributed by atoms with Crippen LogP contribution in [-0.2, 0) is 15.9 Å². The minimum atomic E-state index is -1.37. The Morgan fingerprint density at radius 1 is 0.743 bits per heavy atom. The monoisotopic (exact) mass is 743 g/mol. The molecule has 11 heteroatoms. The number of halogens is 7. The summed E-state index contributed by atoms with van der Waals surface area (Å²) in [7, 11) is 8.26. The van der Waals surface area contributed by atoms with Crippen LogP contribution in [0.25, 0.3) is 11.1 Å². The molecule has 0 atom stereocenters. The molecule has 2 nitrogen and oxygen atoms in total. The van der Waals surface area contributed by atoms with Gasteiger partial charge in [0.25, 0.3) is 0 Å². The summed E-state index contributed by atoms with van der Waals surface area (Å²) in [6.45, 7) is 0. The summed E-state index contributed by atoms with van der Waals surface area (Å²) in [4.78, 5) is 0. The van der Waals surface area contributed by atoms with Crippen molar-refractivity contribution in [1.82, 2.24) is 0 Å². The molecule has 186 valence electrons. The Balaban J connectivity index is 0.000000257. The SMILES string of the molecule is Clc1ccc(-c2ccccc2)cc1Cl.Clc1ccc(Br)cc1Cl.OB(O)C1=CC=C[C+]=C1.[Cl][Pd][Cl]. The van der Waals surface area contributed by atoms with Gasteiger partial charge in [-0.3, -0.25) is 0 Å². The fourth-order valence-corrected chi connectivity index (χ4v) is 3.43. The first-order chi connectivity index (χ1) is 16.7. The zero-order valence-electron chi connectivity index (χ0n) is 17.6. The summed E-state index contributed by atoms with van der Waals surface area (Å²) in [6.07, 6.45) is 9.28. The molecule has 0 aromatic heterocycles. The van der Waals surface area contributed by atoms with Gasteiger partial charge < -0.3 is 10.0 Å². The van der Waals surface area contributed by atoms with E-state index in [-0.39, 0.29) is 15.9 Å². The molecular weight excluding hydrogens is 730 g/mol. The Hall–Kier alpha value is -0.343. The van der Waals surface area contributed by atoms with Gasteiger partial charge in [0.05, 0.1) is 31.6 Å². The van der Waals surface area contributed by atoms with E-state index in [1.54, 1.807) is 30.4 Å². The summed E-state index contributed by atoms with van der Waals surface area (Å²) in [5, 5.41) is 19.5. The maximum absolute atomic E-state index is 8.56. The standard InChI is InChI=1S/C12H8Cl2.C6H6BO2.C6H3BrCl2.2ClH.Pd/c13-11-7-6-10(8-12(11)14)9-4-2-1-3-5-9;8-7(9)6-4-2-1-3-5-6;7-4-1-2-5(8)6(9)3-4;;;/h1-8H;1-2,4-5,8-9H;1-3H;2*1H;/q;+1;;;;+2/p-2. The molecule has 0 radical (unpaired) electrons. The van der Waals surface area contributed by atoms with Crippen LogP contribution in [0.5, 0.6) is 0 Å². The summed E-state index contributed by atoms with van der Waals surface area (Å²) in [6, 6.07) is 21.1. The van der Waals surface area contributed by atoms with Crippen molar-refractivity contribution in [3.05, 3.63) is 127 Å². The second kappa shape index (κ2) is 18.8. The molecule has 2 N–H and O–H groups in total. The molecule has 4 rings (SSSR count). The van der Waals surface area contributed by atoms with E-state index in [4.69, 9.17) is 75.5 Å². The number of allylic oxidation sites excluding steroid dienone is 6. The van der Waals surface area contributed by atoms with E-state index in [1.165, 1.54) is 6.08 Å². The topological polar surface area (TPSA) is 40.5 Å². The van der Waals surface area contributed by atoms with Crippen LogP contribution in [0.3, 0.4) is 0 Å². The van der Waals surface area contributed by atoms with E-state index in [9.17, 15) is 0 Å². The first kappa shape index (κ1) is 32.7. The molecule has 0 amide bonds. The van der Waals surface area contributed by atoms with Gasteiger partial charge in [-0.05, 0) is 41.5 Å². The molecule has 0 spiro atoms. The number of benzene rings is 3. The third-order valence-electron chi connectivity index (χ3n) is 3.94. The molecule has 35 heavy (non-hydrogen) atoms. The average Bonchev–Trinajstić information content (AvgIpc) is 2.86. The third-order valence-corrected chi connectivity index (χ3v) is 5.91. The van der Waals surface area contributed by atoms with Crippen molar-refractivity contribution in [2.45, 2.75) is 0 Å². The molecule has 3 aromatic carbocycles. The second-order valence-corrected chi connectivity index (χ2v) is 11.2. The Morgan fingerprint density at radius 3 is 1.74 bits per heavy atom. The van der Waals surface area contributed by atoms with E-state index in [2.05, 4.69) is 22.0 Å². The molecule has 3 aromatic rings. The normalized spacial score (nSPS) is 10.9. The molecule has 0 saturated carbocycles. The van der Waals surface area contributed by atoms with E-state index in [0.717, 1.165) is 15.6 Å². The van der Waals surface area contributed by atoms with Gasteiger partial charge in [0.1, 0.15) is 6.08 Å². The fourth-order valence-electron chi connectivity index (χ4n) is 2.34. The molecule has 0 bridgehead atoms. The van der Waals surface area contributed by atoms with Gasteiger partial charge in [0.2, 0.25) is 0 Å². The van der Waals surface area contributed by atoms with Crippen molar-refractivity contribution in [2.75, 3.05) is 0 Å². The van der Waals surface area contributed by atoms with Crippen molar-refractivity contribution in [3.63, 3.8) is 0 Å². The van der Waals surface area contributed by atoms with E-state index >= 15 is 0 Å². The van der Waals surface area contributed by atoms with Crippen molar-refractivity contribution in [3.8, 4) is 11.1 Å². The van der Waals surface area contributed by atoms with Gasteiger partial charge in [0.15, 0.2) is 0 Å². The van der Waals surface area contributed by atoms with Gasteiger partial charge >= 0.3 is 42.1 Å². The van der Waals surface area contributed by atoms with Crippen molar-refractivity contribution in [1.29, 1.82) is 0 Å². The second-order valence-electron chi connectivity index (χ2n) is 6.31. The first-order valence-electron chi connectivity index (χ1n) is 9.45. The molecule has 1 aliphatic carbocycles. The first-order valence-corrected chi connectivity index (χ1v) is 15.8. The van der Waals surface area contributed by atoms with Crippen molar-refractivity contribution < 1.29 is 26.0 Å². The minimum absolute atomic E-state index is 0.106. The molecule has 0 unspecified atom stereocenters. The van der Waals surface area contributed by atoms with Gasteiger partial charge in [-0.15, -0.1) is 0 Å². The van der Waals surface area contributed by atoms with Crippen LogP contribution in [0, 0.1) is 6.08 Å². The molecule has 0 heterocycles. The van der Waals surface area contributed by atoms with Crippen molar-refractivity contribution >= 4 is 88.5 Å². The fraction of sp³-hybridized carbons (Fsp3) is 0. The van der Waals surface area contributed by atoms with Crippen LogP contribution in [0.1, 0.15) is 0 Å². The Labute approximate surface area is 250 Å². The van der Waals surface area contributed by atoms with Gasteiger partial charge in [-0.2, -0.15) is 0 Å².